The van der Waals surface area contributed by atoms with Gasteiger partial charge in [-0.05, 0) is 63.1 Å². The van der Waals surface area contributed by atoms with E-state index in [0.29, 0.717) is 43.0 Å². The standard InChI is InChI=1S/C28H37ClN6O2/c1-36-22-9-12-35(17-22)21-7-5-20(6-8-21)33-27-15-23(24(29)16-31-27)25-3-2-4-26(34-25)32-19-28(18-30)10-13-37-14-11-28/h2-4,15-16,20-22H,5-14,17,19H2,1H3,(H,31,33)(H,32,34)/t20-,21+,22-/m1/s1. The Morgan fingerprint density at radius 1 is 1.19 bits per heavy atom. The molecule has 3 fully saturated rings. The van der Waals surface area contributed by atoms with Crippen LogP contribution in [-0.4, -0.2) is 73.0 Å². The molecule has 37 heavy (non-hydrogen) atoms. The number of methoxy groups -OCH3 is 1. The number of nitriles is 1. The summed E-state index contributed by atoms with van der Waals surface area (Å²) in [6, 6.07) is 11.4. The van der Waals surface area contributed by atoms with Gasteiger partial charge >= 0.3 is 0 Å². The second-order valence-corrected chi connectivity index (χ2v) is 11.0. The molecule has 0 unspecified atom stereocenters. The third-order valence-corrected chi connectivity index (χ3v) is 8.55. The normalized spacial score (nSPS) is 25.9. The van der Waals surface area contributed by atoms with E-state index < -0.39 is 5.41 Å². The summed E-state index contributed by atoms with van der Waals surface area (Å²) in [4.78, 5) is 12.0. The van der Waals surface area contributed by atoms with Gasteiger partial charge in [-0.25, -0.2) is 9.97 Å². The van der Waals surface area contributed by atoms with Crippen LogP contribution < -0.4 is 10.6 Å². The van der Waals surface area contributed by atoms with Crippen LogP contribution in [0.5, 0.6) is 0 Å². The van der Waals surface area contributed by atoms with Gasteiger partial charge in [0.1, 0.15) is 11.6 Å². The number of hydrogen-bond acceptors (Lipinski definition) is 8. The lowest BCUT2D eigenvalue weighted by molar-refractivity contribution is 0.0455. The van der Waals surface area contributed by atoms with Crippen molar-refractivity contribution in [3.05, 3.63) is 35.5 Å². The molecule has 1 aliphatic carbocycles. The maximum Gasteiger partial charge on any atom is 0.126 e. The van der Waals surface area contributed by atoms with Crippen LogP contribution >= 0.6 is 11.6 Å². The van der Waals surface area contributed by atoms with Crippen molar-refractivity contribution < 1.29 is 9.47 Å². The monoisotopic (exact) mass is 524 g/mol. The number of likely N-dealkylation sites (tertiary alicyclic amines) is 1. The summed E-state index contributed by atoms with van der Waals surface area (Å²) in [7, 11) is 1.82. The lowest BCUT2D eigenvalue weighted by Crippen LogP contribution is -2.39. The maximum atomic E-state index is 9.74. The molecular formula is C28H37ClN6O2. The van der Waals surface area contributed by atoms with Gasteiger partial charge in [0, 0.05) is 63.8 Å². The number of nitrogens with one attached hydrogen (secondary N) is 2. The van der Waals surface area contributed by atoms with E-state index in [1.165, 1.54) is 12.8 Å². The Bertz CT molecular complexity index is 1090. The Kier molecular flexibility index (Phi) is 8.46. The zero-order chi connectivity index (χ0) is 25.7. The van der Waals surface area contributed by atoms with Gasteiger partial charge in [-0.3, -0.25) is 4.90 Å². The molecule has 2 N–H and O–H groups in total. The van der Waals surface area contributed by atoms with Gasteiger partial charge in [-0.2, -0.15) is 5.26 Å². The van der Waals surface area contributed by atoms with Crippen LogP contribution in [0.4, 0.5) is 11.6 Å². The number of hydrogen-bond donors (Lipinski definition) is 2. The van der Waals surface area contributed by atoms with E-state index in [0.717, 1.165) is 68.1 Å². The van der Waals surface area contributed by atoms with Crippen LogP contribution in [-0.2, 0) is 9.47 Å². The molecule has 8 nitrogen and oxygen atoms in total. The molecule has 9 heteroatoms. The van der Waals surface area contributed by atoms with Crippen LogP contribution in [0, 0.1) is 16.7 Å². The predicted octanol–water partition coefficient (Wildman–Crippen LogP) is 4.97. The lowest BCUT2D eigenvalue weighted by Gasteiger charge is -2.35. The SMILES string of the molecule is CO[C@@H]1CCN([C@H]2CC[C@@H](Nc3cc(-c4cccc(NCC5(C#N)CCOCC5)n4)c(Cl)cn3)CC2)C1. The third kappa shape index (κ3) is 6.35. The quantitative estimate of drug-likeness (QED) is 0.499. The summed E-state index contributed by atoms with van der Waals surface area (Å²) in [5.41, 5.74) is 1.21. The van der Waals surface area contributed by atoms with Crippen molar-refractivity contribution >= 4 is 23.2 Å². The van der Waals surface area contributed by atoms with E-state index in [4.69, 9.17) is 26.1 Å². The highest BCUT2D eigenvalue weighted by molar-refractivity contribution is 6.33. The number of halogens is 1. The summed E-state index contributed by atoms with van der Waals surface area (Å²) in [6.45, 7) is 4.01. The second-order valence-electron chi connectivity index (χ2n) is 10.6. The number of nitrogens with zero attached hydrogens (tertiary/aromatic N) is 4. The van der Waals surface area contributed by atoms with Gasteiger partial charge in [0.05, 0.1) is 28.3 Å². The number of pyridine rings is 2. The zero-order valence-electron chi connectivity index (χ0n) is 21.6. The fourth-order valence-corrected chi connectivity index (χ4v) is 6.02. The largest absolute Gasteiger partial charge is 0.381 e. The smallest absolute Gasteiger partial charge is 0.126 e. The second kappa shape index (κ2) is 12.0. The van der Waals surface area contributed by atoms with Crippen LogP contribution in [0.1, 0.15) is 44.9 Å². The first-order valence-electron chi connectivity index (χ1n) is 13.5. The van der Waals surface area contributed by atoms with E-state index >= 15 is 0 Å². The maximum absolute atomic E-state index is 9.74. The molecule has 1 saturated carbocycles. The van der Waals surface area contributed by atoms with Crippen molar-refractivity contribution in [1.82, 2.24) is 14.9 Å². The predicted molar refractivity (Wildman–Crippen MR) is 146 cm³/mol. The average molecular weight is 525 g/mol. The van der Waals surface area contributed by atoms with Crippen LogP contribution in [0.3, 0.4) is 0 Å². The lowest BCUT2D eigenvalue weighted by atomic mass is 9.82. The van der Waals surface area contributed by atoms with Crippen LogP contribution in [0.25, 0.3) is 11.3 Å². The molecule has 0 radical (unpaired) electrons. The highest BCUT2D eigenvalue weighted by atomic mass is 35.5. The molecule has 5 rings (SSSR count). The minimum atomic E-state index is -0.416. The molecule has 2 saturated heterocycles. The first-order chi connectivity index (χ1) is 18.1. The summed E-state index contributed by atoms with van der Waals surface area (Å²) in [6.07, 6.45) is 9.34. The Hall–Kier alpha value is -2.44. The molecule has 2 aromatic rings. The van der Waals surface area contributed by atoms with E-state index in [9.17, 15) is 5.26 Å². The van der Waals surface area contributed by atoms with Crippen molar-refractivity contribution in [3.8, 4) is 17.3 Å². The first kappa shape index (κ1) is 26.2. The first-order valence-corrected chi connectivity index (χ1v) is 13.8. The molecule has 4 heterocycles. The highest BCUT2D eigenvalue weighted by Crippen LogP contribution is 2.33. The Morgan fingerprint density at radius 3 is 2.73 bits per heavy atom. The molecule has 0 bridgehead atoms. The molecule has 198 valence electrons. The molecule has 0 spiro atoms. The summed E-state index contributed by atoms with van der Waals surface area (Å²) < 4.78 is 11.0. The fourth-order valence-electron chi connectivity index (χ4n) is 5.82. The van der Waals surface area contributed by atoms with Crippen molar-refractivity contribution in [2.45, 2.75) is 63.1 Å². The number of rotatable bonds is 8. The van der Waals surface area contributed by atoms with Gasteiger partial charge in [0.2, 0.25) is 0 Å². The van der Waals surface area contributed by atoms with E-state index in [1.807, 2.05) is 31.4 Å². The van der Waals surface area contributed by atoms with Crippen molar-refractivity contribution in [2.24, 2.45) is 5.41 Å². The van der Waals surface area contributed by atoms with Gasteiger partial charge < -0.3 is 20.1 Å². The Balaban J connectivity index is 1.20. The summed E-state index contributed by atoms with van der Waals surface area (Å²) >= 11 is 6.56. The fraction of sp³-hybridized carbons (Fsp3) is 0.607. The Morgan fingerprint density at radius 2 is 2.00 bits per heavy atom. The van der Waals surface area contributed by atoms with Crippen molar-refractivity contribution in [1.29, 1.82) is 5.26 Å². The minimum Gasteiger partial charge on any atom is -0.381 e. The average Bonchev–Trinajstić information content (AvgIpc) is 3.44. The third-order valence-electron chi connectivity index (χ3n) is 8.25. The molecule has 2 aliphatic heterocycles. The van der Waals surface area contributed by atoms with E-state index in [2.05, 4.69) is 26.6 Å². The van der Waals surface area contributed by atoms with E-state index in [-0.39, 0.29) is 0 Å². The molecule has 3 aliphatic rings. The number of aromatic nitrogens is 2. The van der Waals surface area contributed by atoms with Crippen LogP contribution in [0.2, 0.25) is 5.02 Å². The number of ether oxygens (including phenoxy) is 2. The van der Waals surface area contributed by atoms with Gasteiger partial charge in [-0.15, -0.1) is 0 Å². The number of anilines is 2. The molecule has 1 atom stereocenters. The molecular weight excluding hydrogens is 488 g/mol. The molecule has 2 aromatic heterocycles. The summed E-state index contributed by atoms with van der Waals surface area (Å²) in [5.74, 6) is 1.56. The van der Waals surface area contributed by atoms with Gasteiger partial charge in [0.15, 0.2) is 0 Å². The van der Waals surface area contributed by atoms with Gasteiger partial charge in [0.25, 0.3) is 0 Å². The zero-order valence-corrected chi connectivity index (χ0v) is 22.3. The van der Waals surface area contributed by atoms with E-state index in [1.54, 1.807) is 6.20 Å². The Labute approximate surface area is 224 Å². The van der Waals surface area contributed by atoms with Crippen molar-refractivity contribution in [2.75, 3.05) is 50.6 Å². The summed E-state index contributed by atoms with van der Waals surface area (Å²) in [5, 5.41) is 17.3. The van der Waals surface area contributed by atoms with Gasteiger partial charge in [-0.1, -0.05) is 17.7 Å². The highest BCUT2D eigenvalue weighted by Gasteiger charge is 2.33. The molecule has 0 amide bonds. The molecule has 0 aromatic carbocycles. The topological polar surface area (TPSA) is 95.3 Å². The van der Waals surface area contributed by atoms with Crippen LogP contribution in [0.15, 0.2) is 30.5 Å². The van der Waals surface area contributed by atoms with Crippen molar-refractivity contribution in [3.63, 3.8) is 0 Å². The minimum absolute atomic E-state index is 0.393.